The van der Waals surface area contributed by atoms with Gasteiger partial charge in [0.2, 0.25) is 14.2 Å². The van der Waals surface area contributed by atoms with Crippen LogP contribution < -0.4 is 5.32 Å². The number of nitrogens with zero attached hydrogens (tertiary/aromatic N) is 1. The molecule has 1 rings (SSSR count). The SMILES string of the molecule is CCCNc1cnc(S(C)(=O)=O)s1. The van der Waals surface area contributed by atoms with Crippen LogP contribution in [0.1, 0.15) is 13.3 Å². The zero-order valence-electron chi connectivity index (χ0n) is 7.57. The van der Waals surface area contributed by atoms with E-state index in [1.165, 1.54) is 11.3 Å². The van der Waals surface area contributed by atoms with E-state index in [9.17, 15) is 8.42 Å². The van der Waals surface area contributed by atoms with Crippen molar-refractivity contribution in [1.82, 2.24) is 4.98 Å². The first-order chi connectivity index (χ1) is 6.04. The molecule has 1 aromatic rings. The number of nitrogens with one attached hydrogen (secondary N) is 1. The molecule has 0 atom stereocenters. The Bertz CT molecular complexity index is 370. The summed E-state index contributed by atoms with van der Waals surface area (Å²) in [6.07, 6.45) is 3.72. The van der Waals surface area contributed by atoms with Crippen LogP contribution in [-0.2, 0) is 9.84 Å². The molecule has 0 amide bonds. The van der Waals surface area contributed by atoms with E-state index < -0.39 is 9.84 Å². The van der Waals surface area contributed by atoms with E-state index in [2.05, 4.69) is 10.3 Å². The molecular formula is C7H12N2O2S2. The molecule has 0 spiro atoms. The molecule has 74 valence electrons. The summed E-state index contributed by atoms with van der Waals surface area (Å²) in [5.41, 5.74) is 0. The topological polar surface area (TPSA) is 59.1 Å². The van der Waals surface area contributed by atoms with Crippen molar-refractivity contribution in [1.29, 1.82) is 0 Å². The van der Waals surface area contributed by atoms with Gasteiger partial charge in [-0.1, -0.05) is 18.3 Å². The minimum Gasteiger partial charge on any atom is -0.376 e. The van der Waals surface area contributed by atoms with Gasteiger partial charge in [0.25, 0.3) is 0 Å². The second-order valence-electron chi connectivity index (χ2n) is 2.69. The third-order valence-electron chi connectivity index (χ3n) is 1.35. The van der Waals surface area contributed by atoms with Crippen LogP contribution in [0, 0.1) is 0 Å². The first kappa shape index (κ1) is 10.5. The lowest BCUT2D eigenvalue weighted by Crippen LogP contribution is -1.96. The molecule has 0 aromatic carbocycles. The fourth-order valence-electron chi connectivity index (χ4n) is 0.759. The van der Waals surface area contributed by atoms with Crippen molar-refractivity contribution in [3.63, 3.8) is 0 Å². The van der Waals surface area contributed by atoms with Crippen LogP contribution in [0.4, 0.5) is 5.00 Å². The third kappa shape index (κ3) is 2.96. The number of sulfone groups is 1. The van der Waals surface area contributed by atoms with Crippen molar-refractivity contribution in [3.8, 4) is 0 Å². The number of hydrogen-bond acceptors (Lipinski definition) is 5. The molecule has 13 heavy (non-hydrogen) atoms. The average molecular weight is 220 g/mol. The molecule has 0 fully saturated rings. The Hall–Kier alpha value is -0.620. The van der Waals surface area contributed by atoms with Crippen LogP contribution in [0.5, 0.6) is 0 Å². The number of thiazole rings is 1. The van der Waals surface area contributed by atoms with E-state index in [0.29, 0.717) is 0 Å². The molecule has 1 heterocycles. The fraction of sp³-hybridized carbons (Fsp3) is 0.571. The smallest absolute Gasteiger partial charge is 0.210 e. The first-order valence-corrected chi connectivity index (χ1v) is 6.64. The lowest BCUT2D eigenvalue weighted by atomic mass is 10.5. The molecule has 1 aromatic heterocycles. The summed E-state index contributed by atoms with van der Waals surface area (Å²) < 4.78 is 22.3. The normalized spacial score (nSPS) is 11.5. The zero-order valence-corrected chi connectivity index (χ0v) is 9.20. The van der Waals surface area contributed by atoms with Gasteiger partial charge in [0, 0.05) is 12.8 Å². The van der Waals surface area contributed by atoms with Gasteiger partial charge in [-0.25, -0.2) is 13.4 Å². The van der Waals surface area contributed by atoms with Crippen LogP contribution in [0.25, 0.3) is 0 Å². The minimum absolute atomic E-state index is 0.172. The summed E-state index contributed by atoms with van der Waals surface area (Å²) >= 11 is 1.17. The zero-order chi connectivity index (χ0) is 9.90. The maximum absolute atomic E-state index is 11.0. The van der Waals surface area contributed by atoms with E-state index in [0.717, 1.165) is 24.2 Å². The number of rotatable bonds is 4. The molecule has 0 radical (unpaired) electrons. The third-order valence-corrected chi connectivity index (χ3v) is 4.00. The van der Waals surface area contributed by atoms with Crippen molar-refractivity contribution in [3.05, 3.63) is 6.20 Å². The van der Waals surface area contributed by atoms with E-state index in [4.69, 9.17) is 0 Å². The Morgan fingerprint density at radius 2 is 2.31 bits per heavy atom. The Balaban J connectivity index is 2.76. The van der Waals surface area contributed by atoms with Gasteiger partial charge >= 0.3 is 0 Å². The van der Waals surface area contributed by atoms with E-state index in [-0.39, 0.29) is 4.34 Å². The molecule has 1 N–H and O–H groups in total. The van der Waals surface area contributed by atoms with Crippen LogP contribution >= 0.6 is 11.3 Å². The monoisotopic (exact) mass is 220 g/mol. The second kappa shape index (κ2) is 4.06. The van der Waals surface area contributed by atoms with Crippen molar-refractivity contribution < 1.29 is 8.42 Å². The van der Waals surface area contributed by atoms with Gasteiger partial charge in [0.05, 0.1) is 6.20 Å². The molecule has 0 aliphatic rings. The van der Waals surface area contributed by atoms with Gasteiger partial charge in [-0.3, -0.25) is 0 Å². The van der Waals surface area contributed by atoms with Gasteiger partial charge < -0.3 is 5.32 Å². The number of aromatic nitrogens is 1. The highest BCUT2D eigenvalue weighted by molar-refractivity contribution is 7.92. The average Bonchev–Trinajstić information content (AvgIpc) is 2.47. The maximum atomic E-state index is 11.0. The predicted molar refractivity (Wildman–Crippen MR) is 54.0 cm³/mol. The highest BCUT2D eigenvalue weighted by atomic mass is 32.2. The fourth-order valence-corrected chi connectivity index (χ4v) is 2.45. The summed E-state index contributed by atoms with van der Waals surface area (Å²) in [4.78, 5) is 3.81. The lowest BCUT2D eigenvalue weighted by molar-refractivity contribution is 0.601. The van der Waals surface area contributed by atoms with Crippen LogP contribution in [0.2, 0.25) is 0 Å². The first-order valence-electron chi connectivity index (χ1n) is 3.94. The van der Waals surface area contributed by atoms with Crippen molar-refractivity contribution >= 4 is 26.2 Å². The maximum Gasteiger partial charge on any atom is 0.210 e. The summed E-state index contributed by atoms with van der Waals surface area (Å²) in [5, 5.41) is 3.89. The van der Waals surface area contributed by atoms with E-state index in [1.54, 1.807) is 6.20 Å². The Labute approximate surface area is 81.9 Å². The van der Waals surface area contributed by atoms with E-state index in [1.807, 2.05) is 6.92 Å². The van der Waals surface area contributed by atoms with Gasteiger partial charge in [0.1, 0.15) is 5.00 Å². The second-order valence-corrected chi connectivity index (χ2v) is 5.91. The summed E-state index contributed by atoms with van der Waals surface area (Å²) in [5.74, 6) is 0. The predicted octanol–water partition coefficient (Wildman–Crippen LogP) is 1.37. The largest absolute Gasteiger partial charge is 0.376 e. The molecule has 4 nitrogen and oxygen atoms in total. The Morgan fingerprint density at radius 3 is 2.77 bits per heavy atom. The van der Waals surface area contributed by atoms with Gasteiger partial charge in [-0.05, 0) is 6.42 Å². The van der Waals surface area contributed by atoms with Crippen LogP contribution in [0.3, 0.4) is 0 Å². The number of hydrogen-bond donors (Lipinski definition) is 1. The van der Waals surface area contributed by atoms with Gasteiger partial charge in [0.15, 0.2) is 0 Å². The van der Waals surface area contributed by atoms with E-state index >= 15 is 0 Å². The molecule has 0 unspecified atom stereocenters. The van der Waals surface area contributed by atoms with Gasteiger partial charge in [-0.15, -0.1) is 0 Å². The van der Waals surface area contributed by atoms with Crippen molar-refractivity contribution in [2.45, 2.75) is 17.7 Å². The standard InChI is InChI=1S/C7H12N2O2S2/c1-3-4-8-6-5-9-7(12-6)13(2,10)11/h5,8H,3-4H2,1-2H3. The van der Waals surface area contributed by atoms with Gasteiger partial charge in [-0.2, -0.15) is 0 Å². The minimum atomic E-state index is -3.14. The lowest BCUT2D eigenvalue weighted by Gasteiger charge is -1.96. The Kier molecular flexibility index (Phi) is 3.27. The molecule has 0 saturated carbocycles. The highest BCUT2D eigenvalue weighted by Gasteiger charge is 2.11. The van der Waals surface area contributed by atoms with Crippen molar-refractivity contribution in [2.24, 2.45) is 0 Å². The summed E-state index contributed by atoms with van der Waals surface area (Å²) in [7, 11) is -3.14. The molecule has 0 aliphatic carbocycles. The highest BCUT2D eigenvalue weighted by Crippen LogP contribution is 2.22. The Morgan fingerprint density at radius 1 is 1.62 bits per heavy atom. The molecule has 0 saturated heterocycles. The number of anilines is 1. The quantitative estimate of drug-likeness (QED) is 0.832. The van der Waals surface area contributed by atoms with Crippen LogP contribution in [-0.4, -0.2) is 26.2 Å². The summed E-state index contributed by atoms with van der Waals surface area (Å²) in [6, 6.07) is 0. The molecule has 0 aliphatic heterocycles. The van der Waals surface area contributed by atoms with Crippen LogP contribution in [0.15, 0.2) is 10.5 Å². The van der Waals surface area contributed by atoms with Crippen molar-refractivity contribution in [2.75, 3.05) is 18.1 Å². The molecular weight excluding hydrogens is 208 g/mol. The molecule has 6 heteroatoms. The molecule has 0 bridgehead atoms. The summed E-state index contributed by atoms with van der Waals surface area (Å²) in [6.45, 7) is 2.89.